The highest BCUT2D eigenvalue weighted by Crippen LogP contribution is 2.33. The number of anilines is 1. The zero-order valence-electron chi connectivity index (χ0n) is 11.3. The Hall–Kier alpha value is -2.06. The molecule has 1 unspecified atom stereocenters. The Kier molecular flexibility index (Phi) is 4.97. The van der Waals surface area contributed by atoms with E-state index in [0.29, 0.717) is 17.9 Å². The molecule has 1 atom stereocenters. The quantitative estimate of drug-likeness (QED) is 0.698. The second kappa shape index (κ2) is 6.92. The summed E-state index contributed by atoms with van der Waals surface area (Å²) in [6.07, 6.45) is 2.88. The van der Waals surface area contributed by atoms with Crippen molar-refractivity contribution in [3.05, 3.63) is 29.8 Å². The number of nitrogens with zero attached hydrogens (tertiary/aromatic N) is 1. The van der Waals surface area contributed by atoms with Crippen LogP contribution in [0.4, 0.5) is 5.69 Å². The lowest BCUT2D eigenvalue weighted by molar-refractivity contribution is -0.120. The normalized spacial score (nSPS) is 15.2. The summed E-state index contributed by atoms with van der Waals surface area (Å²) in [6.45, 7) is 0.297. The maximum atomic E-state index is 11.8. The molecule has 1 saturated carbocycles. The van der Waals surface area contributed by atoms with Crippen LogP contribution in [0.2, 0.25) is 0 Å². The maximum Gasteiger partial charge on any atom is 0.239 e. The smallest absolute Gasteiger partial charge is 0.239 e. The zero-order chi connectivity index (χ0) is 14.4. The summed E-state index contributed by atoms with van der Waals surface area (Å²) in [7, 11) is 0. The number of aliphatic hydroxyl groups is 1. The highest BCUT2D eigenvalue weighted by atomic mass is 16.3. The van der Waals surface area contributed by atoms with Gasteiger partial charge in [0.05, 0.1) is 18.2 Å². The van der Waals surface area contributed by atoms with E-state index in [-0.39, 0.29) is 25.1 Å². The van der Waals surface area contributed by atoms with Gasteiger partial charge >= 0.3 is 0 Å². The molecule has 0 heterocycles. The lowest BCUT2D eigenvalue weighted by Crippen LogP contribution is -2.40. The molecule has 2 rings (SSSR count). The van der Waals surface area contributed by atoms with E-state index < -0.39 is 0 Å². The molecule has 106 valence electrons. The van der Waals surface area contributed by atoms with E-state index in [1.807, 2.05) is 6.07 Å². The monoisotopic (exact) mass is 273 g/mol. The molecule has 0 aliphatic heterocycles. The number of amides is 1. The van der Waals surface area contributed by atoms with Crippen LogP contribution in [0.3, 0.4) is 0 Å². The molecule has 1 amide bonds. The second-order valence-corrected chi connectivity index (χ2v) is 5.07. The Morgan fingerprint density at radius 1 is 1.40 bits per heavy atom. The van der Waals surface area contributed by atoms with Gasteiger partial charge in [-0.15, -0.1) is 0 Å². The Morgan fingerprint density at radius 2 is 2.10 bits per heavy atom. The van der Waals surface area contributed by atoms with Crippen molar-refractivity contribution in [2.24, 2.45) is 5.92 Å². The number of hydrogen-bond donors (Lipinski definition) is 3. The van der Waals surface area contributed by atoms with E-state index in [4.69, 9.17) is 10.4 Å². The van der Waals surface area contributed by atoms with Gasteiger partial charge in [0.1, 0.15) is 0 Å². The number of aliphatic hydroxyl groups excluding tert-OH is 1. The van der Waals surface area contributed by atoms with E-state index >= 15 is 0 Å². The van der Waals surface area contributed by atoms with Gasteiger partial charge in [-0.3, -0.25) is 4.79 Å². The molecule has 3 N–H and O–H groups in total. The van der Waals surface area contributed by atoms with Crippen molar-refractivity contribution >= 4 is 11.6 Å². The van der Waals surface area contributed by atoms with Gasteiger partial charge in [0.15, 0.2) is 0 Å². The molecule has 0 radical (unpaired) electrons. The van der Waals surface area contributed by atoms with E-state index in [2.05, 4.69) is 10.6 Å². The van der Waals surface area contributed by atoms with Crippen molar-refractivity contribution < 1.29 is 9.90 Å². The van der Waals surface area contributed by atoms with Crippen molar-refractivity contribution in [3.8, 4) is 6.07 Å². The van der Waals surface area contributed by atoms with Crippen LogP contribution in [0, 0.1) is 17.2 Å². The molecule has 20 heavy (non-hydrogen) atoms. The van der Waals surface area contributed by atoms with E-state index in [1.54, 1.807) is 24.3 Å². The van der Waals surface area contributed by atoms with Crippen LogP contribution in [0.25, 0.3) is 0 Å². The first-order valence-corrected chi connectivity index (χ1v) is 6.87. The lowest BCUT2D eigenvalue weighted by Gasteiger charge is -2.17. The average Bonchev–Trinajstić information content (AvgIpc) is 3.30. The molecule has 5 heteroatoms. The first kappa shape index (κ1) is 14.4. The van der Waals surface area contributed by atoms with Gasteiger partial charge in [0, 0.05) is 18.3 Å². The Balaban J connectivity index is 1.77. The summed E-state index contributed by atoms with van der Waals surface area (Å²) in [6, 6.07) is 9.11. The SMILES string of the molecule is N#Cc1ccc(NCC(=O)NC(CCO)C2CC2)cc1. The number of carbonyl (C=O) groups excluding carboxylic acids is 1. The molecule has 1 aromatic carbocycles. The van der Waals surface area contributed by atoms with Crippen LogP contribution in [0.5, 0.6) is 0 Å². The Labute approximate surface area is 118 Å². The first-order chi connectivity index (χ1) is 9.72. The summed E-state index contributed by atoms with van der Waals surface area (Å²) in [5.41, 5.74) is 1.40. The third-order valence-corrected chi connectivity index (χ3v) is 3.44. The Morgan fingerprint density at radius 3 is 2.65 bits per heavy atom. The molecule has 0 aromatic heterocycles. The maximum absolute atomic E-state index is 11.8. The predicted octanol–water partition coefficient (Wildman–Crippen LogP) is 1.25. The minimum Gasteiger partial charge on any atom is -0.396 e. The second-order valence-electron chi connectivity index (χ2n) is 5.07. The van der Waals surface area contributed by atoms with Crippen LogP contribution < -0.4 is 10.6 Å². The summed E-state index contributed by atoms with van der Waals surface area (Å²) in [4.78, 5) is 11.8. The summed E-state index contributed by atoms with van der Waals surface area (Å²) in [5.74, 6) is 0.459. The number of rotatable bonds is 7. The number of nitrogens with one attached hydrogen (secondary N) is 2. The van der Waals surface area contributed by atoms with E-state index in [9.17, 15) is 4.79 Å². The Bertz CT molecular complexity index is 489. The van der Waals surface area contributed by atoms with Crippen LogP contribution in [0.15, 0.2) is 24.3 Å². The van der Waals surface area contributed by atoms with Gasteiger partial charge in [-0.1, -0.05) is 0 Å². The van der Waals surface area contributed by atoms with Crippen molar-refractivity contribution in [3.63, 3.8) is 0 Å². The molecule has 1 aromatic rings. The van der Waals surface area contributed by atoms with Crippen molar-refractivity contribution in [1.29, 1.82) is 5.26 Å². The summed E-state index contributed by atoms with van der Waals surface area (Å²) in [5, 5.41) is 23.7. The van der Waals surface area contributed by atoms with E-state index in [1.165, 1.54) is 0 Å². The topological polar surface area (TPSA) is 85.2 Å². The molecule has 0 bridgehead atoms. The summed E-state index contributed by atoms with van der Waals surface area (Å²) >= 11 is 0. The fraction of sp³-hybridized carbons (Fsp3) is 0.467. The third-order valence-electron chi connectivity index (χ3n) is 3.44. The first-order valence-electron chi connectivity index (χ1n) is 6.87. The number of nitriles is 1. The fourth-order valence-corrected chi connectivity index (χ4v) is 2.17. The number of benzene rings is 1. The van der Waals surface area contributed by atoms with Crippen LogP contribution >= 0.6 is 0 Å². The largest absolute Gasteiger partial charge is 0.396 e. The van der Waals surface area contributed by atoms with Gasteiger partial charge in [0.25, 0.3) is 0 Å². The highest BCUT2D eigenvalue weighted by molar-refractivity contribution is 5.81. The van der Waals surface area contributed by atoms with Crippen molar-refractivity contribution in [2.45, 2.75) is 25.3 Å². The lowest BCUT2D eigenvalue weighted by atomic mass is 10.1. The molecular weight excluding hydrogens is 254 g/mol. The molecule has 1 aliphatic carbocycles. The van der Waals surface area contributed by atoms with Crippen LogP contribution in [-0.4, -0.2) is 30.2 Å². The van der Waals surface area contributed by atoms with E-state index in [0.717, 1.165) is 18.5 Å². The third kappa shape index (κ3) is 4.25. The zero-order valence-corrected chi connectivity index (χ0v) is 11.3. The number of hydrogen-bond acceptors (Lipinski definition) is 4. The molecule has 1 aliphatic rings. The van der Waals surface area contributed by atoms with Crippen molar-refractivity contribution in [2.75, 3.05) is 18.5 Å². The minimum atomic E-state index is -0.0697. The molecule has 0 spiro atoms. The standard InChI is InChI=1S/C15H19N3O2/c16-9-11-1-5-13(6-2-11)17-10-15(20)18-14(7-8-19)12-3-4-12/h1-2,5-6,12,14,17,19H,3-4,7-8,10H2,(H,18,20). The molecular formula is C15H19N3O2. The van der Waals surface area contributed by atoms with Crippen molar-refractivity contribution in [1.82, 2.24) is 5.32 Å². The number of carbonyl (C=O) groups is 1. The molecule has 0 saturated heterocycles. The van der Waals surface area contributed by atoms with Gasteiger partial charge in [-0.25, -0.2) is 0 Å². The van der Waals surface area contributed by atoms with Gasteiger partial charge in [-0.2, -0.15) is 5.26 Å². The average molecular weight is 273 g/mol. The van der Waals surface area contributed by atoms with Gasteiger partial charge < -0.3 is 15.7 Å². The van der Waals surface area contributed by atoms with Crippen LogP contribution in [0.1, 0.15) is 24.8 Å². The van der Waals surface area contributed by atoms with Gasteiger partial charge in [-0.05, 0) is 49.4 Å². The van der Waals surface area contributed by atoms with Crippen LogP contribution in [-0.2, 0) is 4.79 Å². The van der Waals surface area contributed by atoms with Gasteiger partial charge in [0.2, 0.25) is 5.91 Å². The highest BCUT2D eigenvalue weighted by Gasteiger charge is 2.31. The fourth-order valence-electron chi connectivity index (χ4n) is 2.17. The summed E-state index contributed by atoms with van der Waals surface area (Å²) < 4.78 is 0. The predicted molar refractivity (Wildman–Crippen MR) is 76.0 cm³/mol. The molecule has 1 fully saturated rings. The minimum absolute atomic E-state index is 0.0697. The molecule has 5 nitrogen and oxygen atoms in total.